The molecule has 14 heavy (non-hydrogen) atoms. The molecule has 0 saturated heterocycles. The van der Waals surface area contributed by atoms with Crippen molar-refractivity contribution in [2.45, 2.75) is 0 Å². The van der Waals surface area contributed by atoms with Crippen molar-refractivity contribution in [3.63, 3.8) is 0 Å². The van der Waals surface area contributed by atoms with Gasteiger partial charge < -0.3 is 5.11 Å². The molecule has 0 atom stereocenters. The molecule has 0 aliphatic heterocycles. The molecule has 0 aliphatic carbocycles. The number of benzene rings is 1. The van der Waals surface area contributed by atoms with Gasteiger partial charge >= 0.3 is 0 Å². The predicted molar refractivity (Wildman–Crippen MR) is 51.3 cm³/mol. The van der Waals surface area contributed by atoms with Crippen molar-refractivity contribution in [2.24, 2.45) is 0 Å². The number of hydrogen-bond donors (Lipinski definition) is 1. The number of aromatic hydroxyl groups is 1. The third kappa shape index (κ3) is 1.71. The van der Waals surface area contributed by atoms with Gasteiger partial charge in [0.25, 0.3) is 0 Å². The minimum atomic E-state index is -0.276. The summed E-state index contributed by atoms with van der Waals surface area (Å²) in [4.78, 5) is 3.84. The molecular weight excluding hydrogens is 181 g/mol. The Hall–Kier alpha value is -1.90. The molecule has 0 aliphatic rings. The van der Waals surface area contributed by atoms with Crippen molar-refractivity contribution in [1.29, 1.82) is 0 Å². The molecule has 0 radical (unpaired) electrons. The first-order chi connectivity index (χ1) is 6.75. The molecule has 1 aromatic heterocycles. The van der Waals surface area contributed by atoms with E-state index in [1.165, 1.54) is 18.3 Å². The quantitative estimate of drug-likeness (QED) is 0.747. The molecule has 0 saturated carbocycles. The molecule has 1 N–H and O–H groups in total. The third-order valence-electron chi connectivity index (χ3n) is 1.90. The number of pyridine rings is 1. The van der Waals surface area contributed by atoms with Crippen LogP contribution in [0.1, 0.15) is 0 Å². The van der Waals surface area contributed by atoms with E-state index in [0.717, 1.165) is 11.1 Å². The van der Waals surface area contributed by atoms with Crippen LogP contribution in [0.15, 0.2) is 42.7 Å². The highest BCUT2D eigenvalue weighted by Gasteiger charge is 1.99. The van der Waals surface area contributed by atoms with Crippen molar-refractivity contribution in [3.05, 3.63) is 48.5 Å². The Balaban J connectivity index is 2.44. The Bertz CT molecular complexity index is 439. The van der Waals surface area contributed by atoms with Crippen LogP contribution in [-0.2, 0) is 0 Å². The van der Waals surface area contributed by atoms with E-state index < -0.39 is 0 Å². The lowest BCUT2D eigenvalue weighted by Gasteiger charge is -2.00. The zero-order chi connectivity index (χ0) is 9.97. The second-order valence-corrected chi connectivity index (χ2v) is 2.94. The van der Waals surface area contributed by atoms with Gasteiger partial charge in [0.2, 0.25) is 0 Å². The summed E-state index contributed by atoms with van der Waals surface area (Å²) in [5, 5.41) is 9.19. The Morgan fingerprint density at radius 1 is 1.00 bits per heavy atom. The van der Waals surface area contributed by atoms with Crippen LogP contribution in [0.3, 0.4) is 0 Å². The first-order valence-corrected chi connectivity index (χ1v) is 4.16. The number of aromatic nitrogens is 1. The van der Waals surface area contributed by atoms with Crippen LogP contribution in [0.2, 0.25) is 0 Å². The molecule has 0 spiro atoms. The van der Waals surface area contributed by atoms with Crippen molar-refractivity contribution in [3.8, 4) is 16.9 Å². The predicted octanol–water partition coefficient (Wildman–Crippen LogP) is 2.59. The van der Waals surface area contributed by atoms with Gasteiger partial charge in [0, 0.05) is 11.8 Å². The maximum Gasteiger partial charge on any atom is 0.134 e. The van der Waals surface area contributed by atoms with Crippen LogP contribution in [0.5, 0.6) is 5.75 Å². The summed E-state index contributed by atoms with van der Waals surface area (Å²) in [5.41, 5.74) is 1.60. The highest BCUT2D eigenvalue weighted by atomic mass is 19.1. The standard InChI is InChI=1S/C11H8FNO/c12-10-3-1-8(2-4-10)9-5-11(14)7-13-6-9/h1-7,14H. The first kappa shape index (κ1) is 8.69. The SMILES string of the molecule is Oc1cncc(-c2ccc(F)cc2)c1. The molecule has 70 valence electrons. The normalized spacial score (nSPS) is 10.1. The van der Waals surface area contributed by atoms with E-state index in [1.54, 1.807) is 24.4 Å². The molecule has 2 rings (SSSR count). The fourth-order valence-corrected chi connectivity index (χ4v) is 1.23. The van der Waals surface area contributed by atoms with Crippen molar-refractivity contribution in [2.75, 3.05) is 0 Å². The highest BCUT2D eigenvalue weighted by molar-refractivity contribution is 5.63. The van der Waals surface area contributed by atoms with E-state index in [2.05, 4.69) is 4.98 Å². The molecule has 0 unspecified atom stereocenters. The van der Waals surface area contributed by atoms with E-state index in [4.69, 9.17) is 0 Å². The van der Waals surface area contributed by atoms with Gasteiger partial charge in [-0.1, -0.05) is 12.1 Å². The topological polar surface area (TPSA) is 33.1 Å². The van der Waals surface area contributed by atoms with Crippen molar-refractivity contribution < 1.29 is 9.50 Å². The van der Waals surface area contributed by atoms with E-state index in [0.29, 0.717) is 0 Å². The first-order valence-electron chi connectivity index (χ1n) is 4.16. The summed E-state index contributed by atoms with van der Waals surface area (Å²) in [6, 6.07) is 7.62. The van der Waals surface area contributed by atoms with Crippen LogP contribution in [-0.4, -0.2) is 10.1 Å². The lowest BCUT2D eigenvalue weighted by molar-refractivity contribution is 0.473. The molecule has 1 heterocycles. The van der Waals surface area contributed by atoms with Crippen LogP contribution in [0.25, 0.3) is 11.1 Å². The number of hydrogen-bond acceptors (Lipinski definition) is 2. The average Bonchev–Trinajstić information content (AvgIpc) is 2.19. The molecule has 2 aromatic rings. The molecule has 0 fully saturated rings. The van der Waals surface area contributed by atoms with Gasteiger partial charge in [-0.15, -0.1) is 0 Å². The third-order valence-corrected chi connectivity index (χ3v) is 1.90. The largest absolute Gasteiger partial charge is 0.506 e. The lowest BCUT2D eigenvalue weighted by atomic mass is 10.1. The minimum Gasteiger partial charge on any atom is -0.506 e. The fourth-order valence-electron chi connectivity index (χ4n) is 1.23. The smallest absolute Gasteiger partial charge is 0.134 e. The highest BCUT2D eigenvalue weighted by Crippen LogP contribution is 2.21. The van der Waals surface area contributed by atoms with Gasteiger partial charge in [-0.25, -0.2) is 4.39 Å². The van der Waals surface area contributed by atoms with Crippen LogP contribution < -0.4 is 0 Å². The zero-order valence-electron chi connectivity index (χ0n) is 7.31. The molecular formula is C11H8FNO. The van der Waals surface area contributed by atoms with Crippen molar-refractivity contribution in [1.82, 2.24) is 4.98 Å². The summed E-state index contributed by atoms with van der Waals surface area (Å²) in [5.74, 6) is -0.173. The fraction of sp³-hybridized carbons (Fsp3) is 0. The van der Waals surface area contributed by atoms with Crippen LogP contribution >= 0.6 is 0 Å². The average molecular weight is 189 g/mol. The number of rotatable bonds is 1. The number of halogens is 1. The van der Waals surface area contributed by atoms with Crippen LogP contribution in [0, 0.1) is 5.82 Å². The Morgan fingerprint density at radius 3 is 2.36 bits per heavy atom. The Kier molecular flexibility index (Phi) is 2.14. The summed E-state index contributed by atoms with van der Waals surface area (Å²) >= 11 is 0. The van der Waals surface area contributed by atoms with E-state index in [9.17, 15) is 9.50 Å². The Labute approximate surface area is 80.7 Å². The maximum absolute atomic E-state index is 12.6. The lowest BCUT2D eigenvalue weighted by Crippen LogP contribution is -1.80. The molecule has 0 amide bonds. The minimum absolute atomic E-state index is 0.104. The van der Waals surface area contributed by atoms with Gasteiger partial charge in [0.05, 0.1) is 6.20 Å². The van der Waals surface area contributed by atoms with E-state index in [1.807, 2.05) is 0 Å². The summed E-state index contributed by atoms with van der Waals surface area (Å²) in [6.07, 6.45) is 2.97. The second-order valence-electron chi connectivity index (χ2n) is 2.94. The van der Waals surface area contributed by atoms with Gasteiger partial charge in [0.1, 0.15) is 11.6 Å². The maximum atomic E-state index is 12.6. The second kappa shape index (κ2) is 3.46. The molecule has 3 heteroatoms. The monoisotopic (exact) mass is 189 g/mol. The summed E-state index contributed by atoms with van der Waals surface area (Å²) in [7, 11) is 0. The summed E-state index contributed by atoms with van der Waals surface area (Å²) < 4.78 is 12.6. The molecule has 1 aromatic carbocycles. The molecule has 2 nitrogen and oxygen atoms in total. The van der Waals surface area contributed by atoms with Crippen molar-refractivity contribution >= 4 is 0 Å². The van der Waals surface area contributed by atoms with E-state index >= 15 is 0 Å². The van der Waals surface area contributed by atoms with Gasteiger partial charge in [0.15, 0.2) is 0 Å². The zero-order valence-corrected chi connectivity index (χ0v) is 7.31. The summed E-state index contributed by atoms with van der Waals surface area (Å²) in [6.45, 7) is 0. The van der Waals surface area contributed by atoms with Gasteiger partial charge in [-0.05, 0) is 23.8 Å². The van der Waals surface area contributed by atoms with Gasteiger partial charge in [-0.3, -0.25) is 4.98 Å². The van der Waals surface area contributed by atoms with E-state index in [-0.39, 0.29) is 11.6 Å². The Morgan fingerprint density at radius 2 is 1.71 bits per heavy atom. The molecule has 0 bridgehead atoms. The van der Waals surface area contributed by atoms with Crippen LogP contribution in [0.4, 0.5) is 4.39 Å². The number of nitrogens with zero attached hydrogens (tertiary/aromatic N) is 1. The van der Waals surface area contributed by atoms with Gasteiger partial charge in [-0.2, -0.15) is 0 Å².